The maximum Gasteiger partial charge on any atom is 0.0617 e. The van der Waals surface area contributed by atoms with Crippen LogP contribution in [0.15, 0.2) is 73.8 Å². The lowest BCUT2D eigenvalue weighted by atomic mass is 9.62. The molecule has 0 aromatic heterocycles. The van der Waals surface area contributed by atoms with Gasteiger partial charge in [0.15, 0.2) is 0 Å². The van der Waals surface area contributed by atoms with Gasteiger partial charge in [-0.05, 0) is 88.7 Å². The number of nitrogens with one attached hydrogen (secondary N) is 1. The van der Waals surface area contributed by atoms with Crippen LogP contribution in [-0.4, -0.2) is 7.05 Å². The average molecular weight is 468 g/mol. The van der Waals surface area contributed by atoms with Crippen molar-refractivity contribution in [2.45, 2.75) is 58.3 Å². The van der Waals surface area contributed by atoms with Crippen LogP contribution in [0.2, 0.25) is 0 Å². The van der Waals surface area contributed by atoms with Crippen molar-refractivity contribution in [3.8, 4) is 0 Å². The van der Waals surface area contributed by atoms with E-state index in [-0.39, 0.29) is 10.8 Å². The lowest BCUT2D eigenvalue weighted by Gasteiger charge is -2.42. The molecular weight excluding hydrogens is 426 g/mol. The summed E-state index contributed by atoms with van der Waals surface area (Å²) in [5.41, 5.74) is 22.0. The standard InChI is InChI=1S/C31H36N2.CH5N/c1-20-18-26-27(31(6,7)17-16-30(26,4)5)19-25(20)21(2)23-12-14-24(15-13-23)22(3)33-29-11-9-8-10-28(29)32;1-2/h8-15,18-19,33H,2-3,16-17,32H2,1,4-7H3;2H2,1H3. The Bertz CT molecular complexity index is 1230. The van der Waals surface area contributed by atoms with Crippen molar-refractivity contribution < 1.29 is 0 Å². The monoisotopic (exact) mass is 467 g/mol. The smallest absolute Gasteiger partial charge is 0.0617 e. The third-order valence-electron chi connectivity index (χ3n) is 7.35. The van der Waals surface area contributed by atoms with Gasteiger partial charge in [0.1, 0.15) is 0 Å². The number of rotatable bonds is 5. The van der Waals surface area contributed by atoms with Gasteiger partial charge < -0.3 is 16.8 Å². The van der Waals surface area contributed by atoms with Crippen LogP contribution in [0.5, 0.6) is 0 Å². The predicted octanol–water partition coefficient (Wildman–Crippen LogP) is 7.65. The zero-order valence-corrected chi connectivity index (χ0v) is 22.3. The molecule has 0 radical (unpaired) electrons. The van der Waals surface area contributed by atoms with E-state index >= 15 is 0 Å². The minimum absolute atomic E-state index is 0.181. The van der Waals surface area contributed by atoms with Crippen molar-refractivity contribution in [2.24, 2.45) is 5.73 Å². The normalized spacial score (nSPS) is 15.3. The number of benzene rings is 3. The molecule has 0 aliphatic heterocycles. The Hall–Kier alpha value is -3.30. The van der Waals surface area contributed by atoms with Gasteiger partial charge in [0.05, 0.1) is 11.4 Å². The molecule has 0 saturated carbocycles. The Balaban J connectivity index is 0.00000167. The molecule has 0 saturated heterocycles. The maximum atomic E-state index is 6.06. The van der Waals surface area contributed by atoms with E-state index in [0.717, 1.165) is 28.1 Å². The third-order valence-corrected chi connectivity index (χ3v) is 7.35. The van der Waals surface area contributed by atoms with E-state index in [2.05, 4.69) is 95.2 Å². The van der Waals surface area contributed by atoms with E-state index in [1.807, 2.05) is 24.3 Å². The first-order chi connectivity index (χ1) is 16.5. The summed E-state index contributed by atoms with van der Waals surface area (Å²) in [6, 6.07) is 21.0. The van der Waals surface area contributed by atoms with Gasteiger partial charge in [-0.3, -0.25) is 0 Å². The summed E-state index contributed by atoms with van der Waals surface area (Å²) >= 11 is 0. The maximum absolute atomic E-state index is 6.06. The van der Waals surface area contributed by atoms with Crippen LogP contribution < -0.4 is 16.8 Å². The lowest BCUT2D eigenvalue weighted by Crippen LogP contribution is -2.34. The molecule has 5 N–H and O–H groups in total. The molecule has 0 fully saturated rings. The lowest BCUT2D eigenvalue weighted by molar-refractivity contribution is 0.331. The van der Waals surface area contributed by atoms with Crippen molar-refractivity contribution in [3.63, 3.8) is 0 Å². The van der Waals surface area contributed by atoms with Crippen molar-refractivity contribution in [3.05, 3.63) is 107 Å². The molecule has 3 aromatic rings. The van der Waals surface area contributed by atoms with E-state index in [1.165, 1.54) is 42.1 Å². The van der Waals surface area contributed by atoms with Crippen LogP contribution in [-0.2, 0) is 10.8 Å². The molecule has 3 heteroatoms. The van der Waals surface area contributed by atoms with Gasteiger partial charge in [-0.1, -0.05) is 89.4 Å². The number of aryl methyl sites for hydroxylation is 1. The minimum atomic E-state index is 0.181. The van der Waals surface area contributed by atoms with Gasteiger partial charge in [0, 0.05) is 5.70 Å². The number of fused-ring (bicyclic) bond motifs is 1. The van der Waals surface area contributed by atoms with Crippen molar-refractivity contribution in [1.29, 1.82) is 0 Å². The highest BCUT2D eigenvalue weighted by Gasteiger charge is 2.37. The second-order valence-corrected chi connectivity index (χ2v) is 10.7. The van der Waals surface area contributed by atoms with E-state index in [4.69, 9.17) is 5.73 Å². The summed E-state index contributed by atoms with van der Waals surface area (Å²) in [5.74, 6) is 0. The molecule has 0 unspecified atom stereocenters. The fraction of sp³-hybridized carbons (Fsp3) is 0.312. The van der Waals surface area contributed by atoms with Crippen LogP contribution in [0.1, 0.15) is 73.9 Å². The second kappa shape index (κ2) is 10.1. The highest BCUT2D eigenvalue weighted by Crippen LogP contribution is 2.47. The fourth-order valence-electron chi connectivity index (χ4n) is 4.92. The molecule has 0 amide bonds. The zero-order chi connectivity index (χ0) is 26.0. The highest BCUT2D eigenvalue weighted by atomic mass is 14.9. The molecule has 0 bridgehead atoms. The average Bonchev–Trinajstić information content (AvgIpc) is 2.84. The Morgan fingerprint density at radius 1 is 0.800 bits per heavy atom. The highest BCUT2D eigenvalue weighted by molar-refractivity contribution is 5.84. The fourth-order valence-corrected chi connectivity index (χ4v) is 4.92. The topological polar surface area (TPSA) is 64.1 Å². The molecule has 3 nitrogen and oxygen atoms in total. The summed E-state index contributed by atoms with van der Waals surface area (Å²) < 4.78 is 0. The van der Waals surface area contributed by atoms with E-state index in [1.54, 1.807) is 0 Å². The molecule has 184 valence electrons. The summed E-state index contributed by atoms with van der Waals surface area (Å²) in [7, 11) is 1.50. The van der Waals surface area contributed by atoms with Crippen LogP contribution in [0.4, 0.5) is 11.4 Å². The number of para-hydroxylation sites is 2. The molecular formula is C32H41N3. The minimum Gasteiger partial charge on any atom is -0.397 e. The number of anilines is 2. The molecule has 4 rings (SSSR count). The van der Waals surface area contributed by atoms with Gasteiger partial charge in [-0.25, -0.2) is 0 Å². The summed E-state index contributed by atoms with van der Waals surface area (Å²) in [4.78, 5) is 0. The number of hydrogen-bond donors (Lipinski definition) is 3. The SMILES string of the molecule is C=C(Nc1ccccc1N)c1ccc(C(=C)c2cc3c(cc2C)C(C)(C)CCC3(C)C)cc1.CN. The summed E-state index contributed by atoms with van der Waals surface area (Å²) in [5, 5.41) is 3.32. The van der Waals surface area contributed by atoms with E-state index in [9.17, 15) is 0 Å². The van der Waals surface area contributed by atoms with Crippen molar-refractivity contribution in [2.75, 3.05) is 18.1 Å². The summed E-state index contributed by atoms with van der Waals surface area (Å²) in [6.07, 6.45) is 2.43. The Labute approximate surface area is 212 Å². The van der Waals surface area contributed by atoms with E-state index in [0.29, 0.717) is 5.69 Å². The van der Waals surface area contributed by atoms with E-state index < -0.39 is 0 Å². The first-order valence-electron chi connectivity index (χ1n) is 12.3. The van der Waals surface area contributed by atoms with Crippen molar-refractivity contribution >= 4 is 22.6 Å². The van der Waals surface area contributed by atoms with Gasteiger partial charge in [-0.2, -0.15) is 0 Å². The molecule has 1 aliphatic carbocycles. The Morgan fingerprint density at radius 3 is 1.89 bits per heavy atom. The van der Waals surface area contributed by atoms with Gasteiger partial charge in [0.25, 0.3) is 0 Å². The van der Waals surface area contributed by atoms with Gasteiger partial charge >= 0.3 is 0 Å². The van der Waals surface area contributed by atoms with Crippen LogP contribution in [0.25, 0.3) is 11.3 Å². The third kappa shape index (κ3) is 5.36. The number of hydrogen-bond acceptors (Lipinski definition) is 3. The van der Waals surface area contributed by atoms with Crippen LogP contribution >= 0.6 is 0 Å². The molecule has 0 atom stereocenters. The molecule has 0 heterocycles. The van der Waals surface area contributed by atoms with Crippen molar-refractivity contribution in [1.82, 2.24) is 0 Å². The Kier molecular flexibility index (Phi) is 7.62. The van der Waals surface area contributed by atoms with Gasteiger partial charge in [-0.15, -0.1) is 0 Å². The predicted molar refractivity (Wildman–Crippen MR) is 155 cm³/mol. The molecule has 35 heavy (non-hydrogen) atoms. The van der Waals surface area contributed by atoms with Crippen LogP contribution in [0.3, 0.4) is 0 Å². The van der Waals surface area contributed by atoms with Crippen LogP contribution in [0, 0.1) is 6.92 Å². The largest absolute Gasteiger partial charge is 0.397 e. The quantitative estimate of drug-likeness (QED) is 0.338. The second-order valence-electron chi connectivity index (χ2n) is 10.7. The number of nitrogen functional groups attached to an aromatic ring is 1. The Morgan fingerprint density at radius 2 is 1.31 bits per heavy atom. The molecule has 1 aliphatic rings. The first kappa shape index (κ1) is 26.3. The van der Waals surface area contributed by atoms with Gasteiger partial charge in [0.2, 0.25) is 0 Å². The first-order valence-corrected chi connectivity index (χ1v) is 12.3. The summed E-state index contributed by atoms with van der Waals surface area (Å²) in [6.45, 7) is 20.4. The number of nitrogens with two attached hydrogens (primary N) is 2. The molecule has 3 aromatic carbocycles. The molecule has 0 spiro atoms. The zero-order valence-electron chi connectivity index (χ0n) is 22.3.